The molecule has 0 aliphatic heterocycles. The summed E-state index contributed by atoms with van der Waals surface area (Å²) >= 11 is 0. The summed E-state index contributed by atoms with van der Waals surface area (Å²) < 4.78 is 44.7. The third-order valence-corrected chi connectivity index (χ3v) is 4.06. The predicted octanol–water partition coefficient (Wildman–Crippen LogP) is 2.36. The second-order valence-electron chi connectivity index (χ2n) is 4.41. The molecular formula is C14H15FN2O3S. The second-order valence-corrected chi connectivity index (χ2v) is 6.13. The lowest BCUT2D eigenvalue weighted by molar-refractivity contribution is 0.387. The summed E-state index contributed by atoms with van der Waals surface area (Å²) in [5.41, 5.74) is 6.85. The molecule has 0 saturated heterocycles. The molecule has 0 fully saturated rings. The first kappa shape index (κ1) is 15.1. The molecule has 7 heteroatoms. The van der Waals surface area contributed by atoms with E-state index in [-0.39, 0.29) is 17.2 Å². The van der Waals surface area contributed by atoms with Gasteiger partial charge in [0.15, 0.2) is 11.6 Å². The lowest BCUT2D eigenvalue weighted by Gasteiger charge is -2.11. The average Bonchev–Trinajstić information content (AvgIpc) is 2.43. The van der Waals surface area contributed by atoms with E-state index in [9.17, 15) is 12.8 Å². The van der Waals surface area contributed by atoms with E-state index >= 15 is 0 Å². The summed E-state index contributed by atoms with van der Waals surface area (Å²) in [7, 11) is -2.35. The topological polar surface area (TPSA) is 81.4 Å². The van der Waals surface area contributed by atoms with Crippen LogP contribution in [-0.4, -0.2) is 15.5 Å². The fourth-order valence-corrected chi connectivity index (χ4v) is 3.04. The number of benzene rings is 2. The van der Waals surface area contributed by atoms with Gasteiger partial charge < -0.3 is 10.5 Å². The van der Waals surface area contributed by atoms with E-state index in [1.807, 2.05) is 0 Å². The van der Waals surface area contributed by atoms with Crippen molar-refractivity contribution in [2.45, 2.75) is 5.75 Å². The van der Waals surface area contributed by atoms with E-state index in [4.69, 9.17) is 10.5 Å². The van der Waals surface area contributed by atoms with Gasteiger partial charge in [-0.15, -0.1) is 0 Å². The number of nitrogen functional groups attached to an aromatic ring is 1. The van der Waals surface area contributed by atoms with Crippen molar-refractivity contribution in [3.05, 3.63) is 53.8 Å². The summed E-state index contributed by atoms with van der Waals surface area (Å²) in [6.07, 6.45) is 0. The first-order valence-electron chi connectivity index (χ1n) is 6.09. The van der Waals surface area contributed by atoms with Crippen LogP contribution in [0.25, 0.3) is 0 Å². The van der Waals surface area contributed by atoms with Crippen LogP contribution in [0.1, 0.15) is 5.56 Å². The Morgan fingerprint density at radius 1 is 1.24 bits per heavy atom. The maximum Gasteiger partial charge on any atom is 0.236 e. The molecule has 0 amide bonds. The molecule has 0 radical (unpaired) electrons. The number of para-hydroxylation sites is 1. The van der Waals surface area contributed by atoms with E-state index in [1.165, 1.54) is 19.2 Å². The standard InChI is InChI=1S/C14H15FN2O3S/c1-20-14-8-11(6-7-12(14)15)17-21(18,19)9-10-4-2-3-5-13(10)16/h2-8,17H,9,16H2,1H3. The molecule has 0 aliphatic carbocycles. The molecule has 2 aromatic rings. The maximum atomic E-state index is 13.3. The van der Waals surface area contributed by atoms with Crippen LogP contribution in [-0.2, 0) is 15.8 Å². The number of methoxy groups -OCH3 is 1. The summed E-state index contributed by atoms with van der Waals surface area (Å²) in [6, 6.07) is 10.4. The van der Waals surface area contributed by atoms with Gasteiger partial charge in [0, 0.05) is 11.8 Å². The molecule has 0 bridgehead atoms. The maximum absolute atomic E-state index is 13.3. The lowest BCUT2D eigenvalue weighted by Crippen LogP contribution is -2.16. The molecule has 5 nitrogen and oxygen atoms in total. The second kappa shape index (κ2) is 6.01. The van der Waals surface area contributed by atoms with Gasteiger partial charge >= 0.3 is 0 Å². The number of halogens is 1. The Labute approximate surface area is 122 Å². The highest BCUT2D eigenvalue weighted by atomic mass is 32.2. The summed E-state index contributed by atoms with van der Waals surface area (Å²) in [6.45, 7) is 0. The van der Waals surface area contributed by atoms with Crippen LogP contribution < -0.4 is 15.2 Å². The van der Waals surface area contributed by atoms with Crippen molar-refractivity contribution >= 4 is 21.4 Å². The number of nitrogens with one attached hydrogen (secondary N) is 1. The molecule has 21 heavy (non-hydrogen) atoms. The highest BCUT2D eigenvalue weighted by molar-refractivity contribution is 7.91. The molecule has 0 heterocycles. The Bertz CT molecular complexity index is 748. The van der Waals surface area contributed by atoms with E-state index in [0.717, 1.165) is 6.07 Å². The normalized spacial score (nSPS) is 11.1. The van der Waals surface area contributed by atoms with Gasteiger partial charge in [-0.25, -0.2) is 12.8 Å². The Kier molecular flexibility index (Phi) is 4.32. The predicted molar refractivity (Wildman–Crippen MR) is 80.1 cm³/mol. The number of nitrogens with two attached hydrogens (primary N) is 1. The zero-order chi connectivity index (χ0) is 15.5. The van der Waals surface area contributed by atoms with E-state index in [2.05, 4.69) is 4.72 Å². The molecule has 2 rings (SSSR count). The Morgan fingerprint density at radius 2 is 1.95 bits per heavy atom. The highest BCUT2D eigenvalue weighted by Crippen LogP contribution is 2.23. The molecule has 0 saturated carbocycles. The number of sulfonamides is 1. The van der Waals surface area contributed by atoms with Gasteiger partial charge in [0.2, 0.25) is 10.0 Å². The van der Waals surface area contributed by atoms with E-state index in [0.29, 0.717) is 11.3 Å². The van der Waals surface area contributed by atoms with Gasteiger partial charge in [-0.2, -0.15) is 0 Å². The van der Waals surface area contributed by atoms with Crippen LogP contribution in [0.15, 0.2) is 42.5 Å². The molecule has 3 N–H and O–H groups in total. The molecule has 0 unspecified atom stereocenters. The van der Waals surface area contributed by atoms with E-state index in [1.54, 1.807) is 24.3 Å². The van der Waals surface area contributed by atoms with Crippen LogP contribution in [0, 0.1) is 5.82 Å². The molecule has 0 aliphatic rings. The van der Waals surface area contributed by atoms with E-state index < -0.39 is 15.8 Å². The lowest BCUT2D eigenvalue weighted by atomic mass is 10.2. The van der Waals surface area contributed by atoms with Crippen molar-refractivity contribution in [2.24, 2.45) is 0 Å². The minimum Gasteiger partial charge on any atom is -0.494 e. The summed E-state index contributed by atoms with van der Waals surface area (Å²) in [5, 5.41) is 0. The third kappa shape index (κ3) is 3.85. The third-order valence-electron chi connectivity index (χ3n) is 2.83. The molecule has 0 atom stereocenters. The van der Waals surface area contributed by atoms with Gasteiger partial charge in [-0.1, -0.05) is 18.2 Å². The fourth-order valence-electron chi connectivity index (χ4n) is 1.81. The van der Waals surface area contributed by atoms with Gasteiger partial charge in [0.1, 0.15) is 0 Å². The molecular weight excluding hydrogens is 295 g/mol. The van der Waals surface area contributed by atoms with Gasteiger partial charge in [0.25, 0.3) is 0 Å². The zero-order valence-corrected chi connectivity index (χ0v) is 12.2. The summed E-state index contributed by atoms with van der Waals surface area (Å²) in [5.74, 6) is -0.860. The average molecular weight is 310 g/mol. The zero-order valence-electron chi connectivity index (χ0n) is 11.3. The quantitative estimate of drug-likeness (QED) is 0.831. The van der Waals surface area contributed by atoms with Crippen LogP contribution in [0.3, 0.4) is 0 Å². The Morgan fingerprint density at radius 3 is 2.62 bits per heavy atom. The van der Waals surface area contributed by atoms with Gasteiger partial charge in [-0.05, 0) is 23.8 Å². The fraction of sp³-hybridized carbons (Fsp3) is 0.143. The van der Waals surface area contributed by atoms with Crippen molar-refractivity contribution in [1.29, 1.82) is 0 Å². The molecule has 0 spiro atoms. The number of rotatable bonds is 5. The SMILES string of the molecule is COc1cc(NS(=O)(=O)Cc2ccccc2N)ccc1F. The molecule has 112 valence electrons. The van der Waals surface area contributed by atoms with Crippen LogP contribution in [0.2, 0.25) is 0 Å². The van der Waals surface area contributed by atoms with Crippen molar-refractivity contribution in [2.75, 3.05) is 17.6 Å². The van der Waals surface area contributed by atoms with Gasteiger partial charge in [-0.3, -0.25) is 4.72 Å². The summed E-state index contributed by atoms with van der Waals surface area (Å²) in [4.78, 5) is 0. The Balaban J connectivity index is 2.20. The Hall–Kier alpha value is -2.28. The van der Waals surface area contributed by atoms with Crippen LogP contribution in [0.4, 0.5) is 15.8 Å². The monoisotopic (exact) mass is 310 g/mol. The van der Waals surface area contributed by atoms with Gasteiger partial charge in [0.05, 0.1) is 18.6 Å². The molecule has 2 aromatic carbocycles. The number of anilines is 2. The first-order chi connectivity index (χ1) is 9.91. The minimum absolute atomic E-state index is 0.0329. The minimum atomic E-state index is -3.66. The first-order valence-corrected chi connectivity index (χ1v) is 7.74. The number of hydrogen-bond acceptors (Lipinski definition) is 4. The molecule has 0 aromatic heterocycles. The highest BCUT2D eigenvalue weighted by Gasteiger charge is 2.14. The van der Waals surface area contributed by atoms with Crippen LogP contribution >= 0.6 is 0 Å². The van der Waals surface area contributed by atoms with Crippen molar-refractivity contribution in [1.82, 2.24) is 0 Å². The largest absolute Gasteiger partial charge is 0.494 e. The van der Waals surface area contributed by atoms with Crippen molar-refractivity contribution in [3.63, 3.8) is 0 Å². The number of ether oxygens (including phenoxy) is 1. The van der Waals surface area contributed by atoms with Crippen molar-refractivity contribution < 1.29 is 17.5 Å². The number of hydrogen-bond donors (Lipinski definition) is 2. The van der Waals surface area contributed by atoms with Crippen molar-refractivity contribution in [3.8, 4) is 5.75 Å². The smallest absolute Gasteiger partial charge is 0.236 e. The van der Waals surface area contributed by atoms with Crippen LogP contribution in [0.5, 0.6) is 5.75 Å².